The van der Waals surface area contributed by atoms with Crippen LogP contribution in [-0.4, -0.2) is 54.2 Å². The number of amides is 2. The zero-order valence-corrected chi connectivity index (χ0v) is 30.4. The molecule has 0 saturated carbocycles. The first-order valence-electron chi connectivity index (χ1n) is 15.6. The van der Waals surface area contributed by atoms with Crippen molar-refractivity contribution in [2.75, 3.05) is 25.2 Å². The summed E-state index contributed by atoms with van der Waals surface area (Å²) in [4.78, 5) is 32.5. The normalized spacial score (nSPS) is 26.2. The smallest absolute Gasteiger partial charge is 0.264 e. The Morgan fingerprint density at radius 3 is 2.42 bits per heavy atom. The number of carbonyl (C=O) groups excluding carboxylic acids is 2. The number of likely N-dealkylation sites (tertiary alicyclic amines) is 1. The van der Waals surface area contributed by atoms with Gasteiger partial charge in [0.25, 0.3) is 5.91 Å². The molecule has 3 aromatic carbocycles. The van der Waals surface area contributed by atoms with Crippen LogP contribution >= 0.6 is 45.2 Å². The van der Waals surface area contributed by atoms with Crippen molar-refractivity contribution in [1.29, 1.82) is 0 Å². The number of halogens is 2. The van der Waals surface area contributed by atoms with E-state index in [2.05, 4.69) is 108 Å². The number of hydrogen-bond donors (Lipinski definition) is 1. The Labute approximate surface area is 292 Å². The lowest BCUT2D eigenvalue weighted by Crippen LogP contribution is -2.46. The first-order valence-corrected chi connectivity index (χ1v) is 17.8. The van der Waals surface area contributed by atoms with E-state index in [1.807, 2.05) is 34.1 Å². The minimum atomic E-state index is -1.24. The van der Waals surface area contributed by atoms with Gasteiger partial charge in [-0.3, -0.25) is 9.59 Å². The monoisotopic (exact) mass is 834 g/mol. The van der Waals surface area contributed by atoms with Gasteiger partial charge in [0.2, 0.25) is 5.91 Å². The van der Waals surface area contributed by atoms with Crippen LogP contribution < -0.4 is 9.64 Å². The van der Waals surface area contributed by atoms with Crippen LogP contribution in [0.25, 0.3) is 0 Å². The molecule has 2 saturated heterocycles. The van der Waals surface area contributed by atoms with Gasteiger partial charge in [-0.1, -0.05) is 45.0 Å². The molecule has 7 nitrogen and oxygen atoms in total. The maximum Gasteiger partial charge on any atom is 0.264 e. The summed E-state index contributed by atoms with van der Waals surface area (Å²) in [7, 11) is 1.66. The SMILES string of the molecule is COc1ccc(C(C)(C)[C@H]2[C@H](CC(=O)N3CCC[C@H]3CO)O[C@@]3(C(=O)N(Cc4ccc(I)cc4)c4ccc(I)cc43)[C@@H]2C)cc1. The molecule has 0 unspecified atom stereocenters. The zero-order valence-electron chi connectivity index (χ0n) is 26.1. The molecule has 45 heavy (non-hydrogen) atoms. The molecule has 1 N–H and O–H groups in total. The van der Waals surface area contributed by atoms with Crippen LogP contribution in [0.5, 0.6) is 5.75 Å². The summed E-state index contributed by atoms with van der Waals surface area (Å²) in [6.45, 7) is 7.54. The molecule has 2 fully saturated rings. The Kier molecular flexibility index (Phi) is 9.28. The fourth-order valence-corrected chi connectivity index (χ4v) is 8.91. The third-order valence-corrected chi connectivity index (χ3v) is 11.7. The van der Waals surface area contributed by atoms with E-state index in [4.69, 9.17) is 9.47 Å². The summed E-state index contributed by atoms with van der Waals surface area (Å²) in [5.74, 6) is 0.257. The maximum atomic E-state index is 14.9. The summed E-state index contributed by atoms with van der Waals surface area (Å²) in [6.07, 6.45) is 1.31. The van der Waals surface area contributed by atoms with Gasteiger partial charge in [0.15, 0.2) is 5.60 Å². The van der Waals surface area contributed by atoms with E-state index in [9.17, 15) is 14.7 Å². The molecule has 1 spiro atoms. The number of rotatable bonds is 8. The van der Waals surface area contributed by atoms with Gasteiger partial charge >= 0.3 is 0 Å². The number of fused-ring (bicyclic) bond motifs is 2. The largest absolute Gasteiger partial charge is 0.497 e. The van der Waals surface area contributed by atoms with E-state index in [0.29, 0.717) is 13.1 Å². The Hall–Kier alpha value is -2.22. The first-order chi connectivity index (χ1) is 21.5. The minimum Gasteiger partial charge on any atom is -0.497 e. The highest BCUT2D eigenvalue weighted by Crippen LogP contribution is 2.60. The Bertz CT molecular complexity index is 1580. The van der Waals surface area contributed by atoms with Crippen molar-refractivity contribution in [3.05, 3.63) is 90.6 Å². The van der Waals surface area contributed by atoms with Crippen molar-refractivity contribution in [1.82, 2.24) is 4.90 Å². The van der Waals surface area contributed by atoms with Crippen LogP contribution in [0.4, 0.5) is 5.69 Å². The zero-order chi connectivity index (χ0) is 32.1. The standard InChI is InChI=1S/C36H40I2N2O5/c1-22-33(35(2,3)24-9-14-28(44-4)15-10-24)31(19-32(42)39-17-5-6-27(39)21-41)45-36(22)29-18-26(38)13-16-30(29)40(34(36)43)20-23-7-11-25(37)12-8-23/h7-16,18,22,27,31,33,41H,5-6,17,19-21H2,1-4H3/t22-,27+,31+,33-,36+/m1/s1. The number of aliphatic hydroxyl groups is 1. The maximum absolute atomic E-state index is 14.9. The topological polar surface area (TPSA) is 79.3 Å². The first kappa shape index (κ1) is 32.7. The number of methoxy groups -OCH3 is 1. The second kappa shape index (κ2) is 12.8. The molecule has 3 aliphatic heterocycles. The van der Waals surface area contributed by atoms with Gasteiger partial charge < -0.3 is 24.4 Å². The highest BCUT2D eigenvalue weighted by atomic mass is 127. The summed E-state index contributed by atoms with van der Waals surface area (Å²) in [5, 5.41) is 9.98. The molecule has 2 amide bonds. The average Bonchev–Trinajstić information content (AvgIpc) is 3.69. The molecule has 3 aliphatic rings. The average molecular weight is 835 g/mol. The molecule has 0 radical (unpaired) electrons. The number of aliphatic hydroxyl groups excluding tert-OH is 1. The van der Waals surface area contributed by atoms with Crippen molar-refractivity contribution in [3.63, 3.8) is 0 Å². The van der Waals surface area contributed by atoms with Crippen LogP contribution in [0.2, 0.25) is 0 Å². The van der Waals surface area contributed by atoms with Crippen LogP contribution in [0.15, 0.2) is 66.7 Å². The highest BCUT2D eigenvalue weighted by molar-refractivity contribution is 14.1. The molecule has 5 atom stereocenters. The Morgan fingerprint density at radius 2 is 1.76 bits per heavy atom. The summed E-state index contributed by atoms with van der Waals surface area (Å²) in [5.41, 5.74) is 2.18. The van der Waals surface area contributed by atoms with Crippen LogP contribution in [0, 0.1) is 19.0 Å². The van der Waals surface area contributed by atoms with Crippen molar-refractivity contribution in [2.24, 2.45) is 11.8 Å². The van der Waals surface area contributed by atoms with Gasteiger partial charge in [0, 0.05) is 31.1 Å². The van der Waals surface area contributed by atoms with Crippen molar-refractivity contribution in [3.8, 4) is 5.75 Å². The van der Waals surface area contributed by atoms with Gasteiger partial charge in [-0.25, -0.2) is 0 Å². The molecule has 6 rings (SSSR count). The summed E-state index contributed by atoms with van der Waals surface area (Å²) < 4.78 is 14.7. The van der Waals surface area contributed by atoms with Crippen LogP contribution in [0.1, 0.15) is 56.7 Å². The van der Waals surface area contributed by atoms with E-state index in [0.717, 1.165) is 48.1 Å². The predicted molar refractivity (Wildman–Crippen MR) is 191 cm³/mol. The molecule has 3 aromatic rings. The third kappa shape index (κ3) is 5.69. The van der Waals surface area contributed by atoms with E-state index < -0.39 is 17.1 Å². The van der Waals surface area contributed by atoms with Crippen LogP contribution in [-0.2, 0) is 31.9 Å². The van der Waals surface area contributed by atoms with Gasteiger partial charge in [-0.15, -0.1) is 0 Å². The highest BCUT2D eigenvalue weighted by Gasteiger charge is 2.66. The fraction of sp³-hybridized carbons (Fsp3) is 0.444. The van der Waals surface area contributed by atoms with Gasteiger partial charge in [0.05, 0.1) is 44.5 Å². The molecule has 9 heteroatoms. The number of carbonyl (C=O) groups is 2. The van der Waals surface area contributed by atoms with E-state index >= 15 is 0 Å². The van der Waals surface area contributed by atoms with Crippen molar-refractivity contribution < 1.29 is 24.2 Å². The van der Waals surface area contributed by atoms with Gasteiger partial charge in [-0.05, 0) is 117 Å². The minimum absolute atomic E-state index is 0.0274. The van der Waals surface area contributed by atoms with Gasteiger partial charge in [0.1, 0.15) is 5.75 Å². The molecule has 0 aromatic heterocycles. The lowest BCUT2D eigenvalue weighted by molar-refractivity contribution is -0.150. The number of ether oxygens (including phenoxy) is 2. The van der Waals surface area contributed by atoms with Gasteiger partial charge in [-0.2, -0.15) is 0 Å². The molecule has 0 aliphatic carbocycles. The molecule has 3 heterocycles. The number of hydrogen-bond acceptors (Lipinski definition) is 5. The van der Waals surface area contributed by atoms with Crippen molar-refractivity contribution in [2.45, 2.75) is 69.7 Å². The lowest BCUT2D eigenvalue weighted by atomic mass is 9.63. The lowest BCUT2D eigenvalue weighted by Gasteiger charge is -2.39. The summed E-state index contributed by atoms with van der Waals surface area (Å²) in [6, 6.07) is 22.3. The number of anilines is 1. The van der Waals surface area contributed by atoms with Crippen molar-refractivity contribution >= 4 is 62.7 Å². The molecular formula is C36H40I2N2O5. The summed E-state index contributed by atoms with van der Waals surface area (Å²) >= 11 is 4.59. The van der Waals surface area contributed by atoms with Crippen LogP contribution in [0.3, 0.4) is 0 Å². The fourth-order valence-electron chi connectivity index (χ4n) is 8.06. The number of nitrogens with zero attached hydrogens (tertiary/aromatic N) is 2. The Morgan fingerprint density at radius 1 is 1.07 bits per heavy atom. The second-order valence-corrected chi connectivity index (χ2v) is 15.6. The third-order valence-electron chi connectivity index (χ3n) is 10.3. The predicted octanol–water partition coefficient (Wildman–Crippen LogP) is 6.65. The molecular weight excluding hydrogens is 794 g/mol. The van der Waals surface area contributed by atoms with E-state index in [1.165, 1.54) is 0 Å². The van der Waals surface area contributed by atoms with E-state index in [1.54, 1.807) is 7.11 Å². The Balaban J connectivity index is 1.44. The quantitative estimate of drug-likeness (QED) is 0.258. The molecule has 238 valence electrons. The molecule has 0 bridgehead atoms. The van der Waals surface area contributed by atoms with E-state index in [-0.39, 0.29) is 42.7 Å². The number of benzene rings is 3. The second-order valence-electron chi connectivity index (χ2n) is 13.1.